The van der Waals surface area contributed by atoms with E-state index in [0.717, 1.165) is 46.0 Å². The predicted octanol–water partition coefficient (Wildman–Crippen LogP) is 5.61. The van der Waals surface area contributed by atoms with E-state index in [-0.39, 0.29) is 11.6 Å². The van der Waals surface area contributed by atoms with E-state index in [1.165, 1.54) is 24.3 Å². The average Bonchev–Trinajstić information content (AvgIpc) is 3.40. The number of aromatic nitrogens is 1. The van der Waals surface area contributed by atoms with Crippen LogP contribution in [0.15, 0.2) is 72.3 Å². The number of benzene rings is 3. The number of hydrogen-bond donors (Lipinski definition) is 0. The molecule has 33 heavy (non-hydrogen) atoms. The minimum absolute atomic E-state index is 0.241. The van der Waals surface area contributed by atoms with Crippen LogP contribution < -0.4 is 4.74 Å². The second-order valence-electron chi connectivity index (χ2n) is 7.68. The smallest absolute Gasteiger partial charge is 0.166 e. The highest BCUT2D eigenvalue weighted by Gasteiger charge is 2.12. The Bertz CT molecular complexity index is 1350. The zero-order valence-electron chi connectivity index (χ0n) is 17.9. The summed E-state index contributed by atoms with van der Waals surface area (Å²) in [6.45, 7) is 0.505. The van der Waals surface area contributed by atoms with Gasteiger partial charge in [-0.15, -0.1) is 0 Å². The highest BCUT2D eigenvalue weighted by Crippen LogP contribution is 2.24. The van der Waals surface area contributed by atoms with Crippen molar-refractivity contribution in [3.05, 3.63) is 106 Å². The van der Waals surface area contributed by atoms with E-state index in [1.54, 1.807) is 31.4 Å². The Kier molecular flexibility index (Phi) is 6.45. The van der Waals surface area contributed by atoms with E-state index in [9.17, 15) is 18.4 Å². The summed E-state index contributed by atoms with van der Waals surface area (Å²) in [5, 5.41) is 0.854. The van der Waals surface area contributed by atoms with Gasteiger partial charge in [-0.3, -0.25) is 9.59 Å². The number of allylic oxidation sites excluding steroid dienone is 1. The third kappa shape index (κ3) is 4.90. The van der Waals surface area contributed by atoms with Gasteiger partial charge in [0.25, 0.3) is 0 Å². The molecular formula is C27H21F2NO3. The molecule has 0 spiro atoms. The summed E-state index contributed by atoms with van der Waals surface area (Å²) in [6, 6.07) is 18.5. The number of carbonyl (C=O) groups is 2. The van der Waals surface area contributed by atoms with Crippen LogP contribution in [0.3, 0.4) is 0 Å². The van der Waals surface area contributed by atoms with Gasteiger partial charge in [-0.25, -0.2) is 8.78 Å². The number of halogens is 2. The summed E-state index contributed by atoms with van der Waals surface area (Å²) >= 11 is 0. The molecule has 1 aliphatic carbocycles. The highest BCUT2D eigenvalue weighted by molar-refractivity contribution is 5.89. The highest BCUT2D eigenvalue weighted by atomic mass is 19.1. The number of carbonyl (C=O) groups excluding carboxylic acids is 2. The van der Waals surface area contributed by atoms with Crippen molar-refractivity contribution >= 4 is 29.6 Å². The quantitative estimate of drug-likeness (QED) is 0.375. The maximum Gasteiger partial charge on any atom is 0.166 e. The molecule has 0 saturated carbocycles. The number of ether oxygens (including phenoxy) is 1. The Morgan fingerprint density at radius 2 is 1.64 bits per heavy atom. The summed E-state index contributed by atoms with van der Waals surface area (Å²) < 4.78 is 33.1. The van der Waals surface area contributed by atoms with E-state index in [2.05, 4.69) is 0 Å². The van der Waals surface area contributed by atoms with Crippen molar-refractivity contribution in [3.8, 4) is 5.75 Å². The first-order chi connectivity index (χ1) is 16.0. The summed E-state index contributed by atoms with van der Waals surface area (Å²) in [7, 11) is 1.61. The Hall–Kier alpha value is -4.06. The van der Waals surface area contributed by atoms with Crippen molar-refractivity contribution in [2.45, 2.75) is 13.0 Å². The lowest BCUT2D eigenvalue weighted by atomic mass is 10.1. The van der Waals surface area contributed by atoms with E-state index in [4.69, 9.17) is 4.74 Å². The van der Waals surface area contributed by atoms with Gasteiger partial charge in [0.2, 0.25) is 0 Å². The zero-order chi connectivity index (χ0) is 23.4. The molecule has 1 aliphatic rings. The fraction of sp³-hybridized carbons (Fsp3) is 0.111. The number of rotatable bonds is 5. The lowest BCUT2D eigenvalue weighted by Gasteiger charge is -2.09. The number of methoxy groups -OCH3 is 1. The Morgan fingerprint density at radius 3 is 2.33 bits per heavy atom. The van der Waals surface area contributed by atoms with Crippen LogP contribution >= 0.6 is 0 Å². The molecule has 166 valence electrons. The molecule has 1 heterocycles. The van der Waals surface area contributed by atoms with E-state index in [0.29, 0.717) is 24.2 Å². The molecule has 4 nitrogen and oxygen atoms in total. The van der Waals surface area contributed by atoms with Crippen molar-refractivity contribution < 1.29 is 23.1 Å². The Morgan fingerprint density at radius 1 is 0.909 bits per heavy atom. The Labute approximate surface area is 189 Å². The summed E-state index contributed by atoms with van der Waals surface area (Å²) in [4.78, 5) is 21.6. The number of aldehydes is 2. The number of hydrogen-bond acceptors (Lipinski definition) is 3. The van der Waals surface area contributed by atoms with Crippen LogP contribution in [0.1, 0.15) is 27.2 Å². The number of fused-ring (bicyclic) bond motifs is 2. The molecule has 0 amide bonds. The van der Waals surface area contributed by atoms with Crippen molar-refractivity contribution in [2.75, 3.05) is 7.11 Å². The van der Waals surface area contributed by atoms with Gasteiger partial charge in [-0.05, 0) is 76.9 Å². The fourth-order valence-corrected chi connectivity index (χ4v) is 3.85. The van der Waals surface area contributed by atoms with Gasteiger partial charge in [0, 0.05) is 18.4 Å². The van der Waals surface area contributed by atoms with Crippen molar-refractivity contribution in [1.29, 1.82) is 0 Å². The van der Waals surface area contributed by atoms with Gasteiger partial charge < -0.3 is 9.30 Å². The number of nitrogens with zero attached hydrogens (tertiary/aromatic N) is 1. The lowest BCUT2D eigenvalue weighted by Crippen LogP contribution is -2.03. The van der Waals surface area contributed by atoms with E-state index >= 15 is 0 Å². The van der Waals surface area contributed by atoms with Crippen LogP contribution in [0.5, 0.6) is 5.75 Å². The first kappa shape index (κ1) is 22.1. The van der Waals surface area contributed by atoms with Crippen LogP contribution in [0, 0.1) is 11.6 Å². The van der Waals surface area contributed by atoms with Gasteiger partial charge in [-0.2, -0.15) is 0 Å². The van der Waals surface area contributed by atoms with Gasteiger partial charge in [0.15, 0.2) is 6.29 Å². The molecule has 0 unspecified atom stereocenters. The van der Waals surface area contributed by atoms with Crippen molar-refractivity contribution in [3.63, 3.8) is 0 Å². The maximum atomic E-state index is 13.4. The second kappa shape index (κ2) is 9.61. The first-order valence-corrected chi connectivity index (χ1v) is 10.3. The summed E-state index contributed by atoms with van der Waals surface area (Å²) in [5.74, 6) is 0.223. The van der Waals surface area contributed by atoms with Crippen LogP contribution in [0.25, 0.3) is 17.0 Å². The molecule has 5 rings (SSSR count). The lowest BCUT2D eigenvalue weighted by molar-refractivity contribution is -0.104. The van der Waals surface area contributed by atoms with Gasteiger partial charge in [0.1, 0.15) is 23.7 Å². The molecule has 0 N–H and O–H groups in total. The third-order valence-corrected chi connectivity index (χ3v) is 5.51. The molecule has 0 aliphatic heterocycles. The van der Waals surface area contributed by atoms with Gasteiger partial charge >= 0.3 is 0 Å². The minimum atomic E-state index is -0.311. The summed E-state index contributed by atoms with van der Waals surface area (Å²) in [5.41, 5.74) is 4.84. The maximum absolute atomic E-state index is 13.4. The monoisotopic (exact) mass is 445 g/mol. The first-order valence-electron chi connectivity index (χ1n) is 10.3. The zero-order valence-corrected chi connectivity index (χ0v) is 17.9. The third-order valence-electron chi connectivity index (χ3n) is 5.51. The molecular weight excluding hydrogens is 424 g/mol. The van der Waals surface area contributed by atoms with Crippen LogP contribution in [0.2, 0.25) is 0 Å². The second-order valence-corrected chi connectivity index (χ2v) is 7.68. The predicted molar refractivity (Wildman–Crippen MR) is 124 cm³/mol. The molecule has 4 aromatic rings. The molecule has 0 fully saturated rings. The topological polar surface area (TPSA) is 48.3 Å². The largest absolute Gasteiger partial charge is 0.497 e. The molecule has 3 aromatic carbocycles. The average molecular weight is 445 g/mol. The SMILES string of the molecule is COc1ccc(Cn2c(C=O)cc3ccc(F)cc32)cc1.O=CC1=Cc2ccc(F)cc2C1. The fourth-order valence-electron chi connectivity index (χ4n) is 3.85. The van der Waals surface area contributed by atoms with E-state index < -0.39 is 0 Å². The molecule has 0 saturated heterocycles. The molecule has 0 atom stereocenters. The molecule has 0 radical (unpaired) electrons. The van der Waals surface area contributed by atoms with Crippen LogP contribution in [0.4, 0.5) is 8.78 Å². The Balaban J connectivity index is 0.000000183. The van der Waals surface area contributed by atoms with Crippen molar-refractivity contribution in [1.82, 2.24) is 4.57 Å². The van der Waals surface area contributed by atoms with Crippen LogP contribution in [-0.2, 0) is 17.8 Å². The summed E-state index contributed by atoms with van der Waals surface area (Å²) in [6.07, 6.45) is 3.97. The molecule has 0 bridgehead atoms. The van der Waals surface area contributed by atoms with Crippen molar-refractivity contribution in [2.24, 2.45) is 0 Å². The standard InChI is InChI=1S/C17H14FNO2.C10H7FO/c1-21-16-6-2-12(3-7-16)10-19-15(11-20)8-13-4-5-14(18)9-17(13)19;11-10-2-1-8-3-7(6-12)4-9(8)5-10/h2-9,11H,10H2,1H3;1-3,5-6H,4H2. The minimum Gasteiger partial charge on any atom is -0.497 e. The van der Waals surface area contributed by atoms with Gasteiger partial charge in [0.05, 0.1) is 18.3 Å². The molecule has 1 aromatic heterocycles. The molecule has 6 heteroatoms. The van der Waals surface area contributed by atoms with Crippen LogP contribution in [-0.4, -0.2) is 24.2 Å². The van der Waals surface area contributed by atoms with Gasteiger partial charge in [-0.1, -0.05) is 18.2 Å². The van der Waals surface area contributed by atoms with E-state index in [1.807, 2.05) is 28.8 Å². The normalized spacial score (nSPS) is 11.9.